The van der Waals surface area contributed by atoms with Gasteiger partial charge in [-0.3, -0.25) is 0 Å². The highest BCUT2D eigenvalue weighted by Crippen LogP contribution is 2.21. The van der Waals surface area contributed by atoms with Gasteiger partial charge < -0.3 is 9.64 Å². The molecule has 138 valence electrons. The molecule has 1 unspecified atom stereocenters. The minimum Gasteiger partial charge on any atom is -0.497 e. The Labute approximate surface area is 149 Å². The van der Waals surface area contributed by atoms with E-state index in [9.17, 15) is 8.42 Å². The molecule has 0 aliphatic carbocycles. The smallest absolute Gasteiger partial charge is 0.246 e. The molecule has 0 spiro atoms. The van der Waals surface area contributed by atoms with Crippen LogP contribution in [0, 0.1) is 13.8 Å². The van der Waals surface area contributed by atoms with Crippen LogP contribution in [0.25, 0.3) is 0 Å². The Morgan fingerprint density at radius 3 is 2.32 bits per heavy atom. The standard InChI is InChI=1S/C17H26N4O3S/c1-13-17(25(22,23)19(3)4)14(2)21(18-13)12-20(5)11-15-7-9-16(24-6)10-8-15/h7-10H,11-12H2,1-6H3/p+1. The highest BCUT2D eigenvalue weighted by Gasteiger charge is 2.27. The summed E-state index contributed by atoms with van der Waals surface area (Å²) in [5.74, 6) is 0.832. The number of hydrogen-bond acceptors (Lipinski definition) is 4. The summed E-state index contributed by atoms with van der Waals surface area (Å²) in [4.78, 5) is 1.50. The second kappa shape index (κ2) is 7.55. The van der Waals surface area contributed by atoms with Crippen molar-refractivity contribution in [2.24, 2.45) is 0 Å². The average molecular weight is 367 g/mol. The summed E-state index contributed by atoms with van der Waals surface area (Å²) in [6.07, 6.45) is 0. The number of benzene rings is 1. The van der Waals surface area contributed by atoms with E-state index >= 15 is 0 Å². The molecule has 7 nitrogen and oxygen atoms in total. The zero-order valence-corrected chi connectivity index (χ0v) is 16.5. The van der Waals surface area contributed by atoms with Crippen LogP contribution in [0.15, 0.2) is 29.2 Å². The van der Waals surface area contributed by atoms with E-state index in [-0.39, 0.29) is 0 Å². The molecule has 1 heterocycles. The van der Waals surface area contributed by atoms with Gasteiger partial charge in [-0.25, -0.2) is 17.4 Å². The molecule has 0 radical (unpaired) electrons. The molecule has 1 aromatic heterocycles. The SMILES string of the molecule is COc1ccc(C[NH+](C)Cn2nc(C)c(S(=O)(=O)N(C)C)c2C)cc1. The van der Waals surface area contributed by atoms with Crippen LogP contribution < -0.4 is 9.64 Å². The second-order valence-electron chi connectivity index (χ2n) is 6.43. The third-order valence-corrected chi connectivity index (χ3v) is 6.21. The molecule has 8 heteroatoms. The molecule has 0 fully saturated rings. The van der Waals surface area contributed by atoms with E-state index in [2.05, 4.69) is 12.1 Å². The van der Waals surface area contributed by atoms with Crippen molar-refractivity contribution in [2.45, 2.75) is 32.0 Å². The molecule has 0 aliphatic rings. The fourth-order valence-corrected chi connectivity index (χ4v) is 4.05. The lowest BCUT2D eigenvalue weighted by Crippen LogP contribution is -3.07. The maximum absolute atomic E-state index is 12.5. The summed E-state index contributed by atoms with van der Waals surface area (Å²) in [7, 11) is 3.28. The number of nitrogens with one attached hydrogen (secondary N) is 1. The molecule has 1 N–H and O–H groups in total. The number of quaternary nitrogens is 1. The molecule has 25 heavy (non-hydrogen) atoms. The third kappa shape index (κ3) is 4.20. The van der Waals surface area contributed by atoms with Crippen LogP contribution >= 0.6 is 0 Å². The molecule has 2 aromatic rings. The van der Waals surface area contributed by atoms with Gasteiger partial charge in [0.2, 0.25) is 10.0 Å². The number of aromatic nitrogens is 2. The summed E-state index contributed by atoms with van der Waals surface area (Å²) < 4.78 is 33.1. The first-order valence-corrected chi connectivity index (χ1v) is 9.51. The maximum Gasteiger partial charge on any atom is 0.246 e. The fourth-order valence-electron chi connectivity index (χ4n) is 2.79. The molecule has 0 bridgehead atoms. The first-order chi connectivity index (χ1) is 11.7. The first kappa shape index (κ1) is 19.4. The lowest BCUT2D eigenvalue weighted by Gasteiger charge is -2.16. The summed E-state index contributed by atoms with van der Waals surface area (Å²) in [6, 6.07) is 7.94. The summed E-state index contributed by atoms with van der Waals surface area (Å²) in [5, 5.41) is 4.44. The van der Waals surface area contributed by atoms with Crippen LogP contribution in [0.1, 0.15) is 17.0 Å². The van der Waals surface area contributed by atoms with E-state index in [1.807, 2.05) is 24.3 Å². The summed E-state index contributed by atoms with van der Waals surface area (Å²) >= 11 is 0. The van der Waals surface area contributed by atoms with Crippen molar-refractivity contribution in [1.82, 2.24) is 14.1 Å². The lowest BCUT2D eigenvalue weighted by atomic mass is 10.2. The van der Waals surface area contributed by atoms with Gasteiger partial charge in [0.15, 0.2) is 6.67 Å². The number of rotatable bonds is 7. The Balaban J connectivity index is 2.17. The van der Waals surface area contributed by atoms with E-state index in [0.717, 1.165) is 12.3 Å². The molecular weight excluding hydrogens is 340 g/mol. The van der Waals surface area contributed by atoms with Crippen LogP contribution in [0.4, 0.5) is 0 Å². The zero-order chi connectivity index (χ0) is 18.8. The van der Waals surface area contributed by atoms with E-state index in [0.29, 0.717) is 23.0 Å². The van der Waals surface area contributed by atoms with Gasteiger partial charge in [0, 0.05) is 19.7 Å². The fraction of sp³-hybridized carbons (Fsp3) is 0.471. The number of aryl methyl sites for hydroxylation is 1. The summed E-state index contributed by atoms with van der Waals surface area (Å²) in [6.45, 7) is 4.93. The van der Waals surface area contributed by atoms with Gasteiger partial charge in [-0.15, -0.1) is 0 Å². The zero-order valence-electron chi connectivity index (χ0n) is 15.7. The molecule has 0 aliphatic heterocycles. The van der Waals surface area contributed by atoms with E-state index < -0.39 is 10.0 Å². The molecule has 0 amide bonds. The predicted octanol–water partition coefficient (Wildman–Crippen LogP) is 0.431. The highest BCUT2D eigenvalue weighted by atomic mass is 32.2. The maximum atomic E-state index is 12.5. The van der Waals surface area contributed by atoms with Crippen molar-refractivity contribution >= 4 is 10.0 Å². The van der Waals surface area contributed by atoms with Gasteiger partial charge in [-0.1, -0.05) is 0 Å². The van der Waals surface area contributed by atoms with Gasteiger partial charge in [0.25, 0.3) is 0 Å². The minimum atomic E-state index is -3.49. The van der Waals surface area contributed by atoms with Gasteiger partial charge >= 0.3 is 0 Å². The van der Waals surface area contributed by atoms with Gasteiger partial charge in [-0.05, 0) is 38.1 Å². The topological polar surface area (TPSA) is 68.9 Å². The first-order valence-electron chi connectivity index (χ1n) is 8.07. The van der Waals surface area contributed by atoms with Crippen LogP contribution in [-0.4, -0.2) is 50.8 Å². The van der Waals surface area contributed by atoms with E-state index in [1.165, 1.54) is 28.9 Å². The lowest BCUT2D eigenvalue weighted by molar-refractivity contribution is -0.917. The van der Waals surface area contributed by atoms with Crippen LogP contribution in [0.2, 0.25) is 0 Å². The minimum absolute atomic E-state index is 0.301. The largest absolute Gasteiger partial charge is 0.497 e. The van der Waals surface area contributed by atoms with E-state index in [4.69, 9.17) is 4.74 Å². The number of hydrogen-bond donors (Lipinski definition) is 1. The van der Waals surface area contributed by atoms with Crippen molar-refractivity contribution in [3.05, 3.63) is 41.2 Å². The molecule has 1 aromatic carbocycles. The molecular formula is C17H27N4O3S+. The van der Waals surface area contributed by atoms with Crippen molar-refractivity contribution in [2.75, 3.05) is 28.3 Å². The Morgan fingerprint density at radius 1 is 1.20 bits per heavy atom. The molecule has 1 atom stereocenters. The number of methoxy groups -OCH3 is 1. The Kier molecular flexibility index (Phi) is 5.87. The Hall–Kier alpha value is -1.90. The third-order valence-electron chi connectivity index (χ3n) is 4.14. The van der Waals surface area contributed by atoms with Crippen molar-refractivity contribution in [1.29, 1.82) is 0 Å². The molecule has 0 saturated carbocycles. The van der Waals surface area contributed by atoms with Gasteiger partial charge in [0.1, 0.15) is 17.2 Å². The Morgan fingerprint density at radius 2 is 1.80 bits per heavy atom. The van der Waals surface area contributed by atoms with Gasteiger partial charge in [-0.2, -0.15) is 5.10 Å². The predicted molar refractivity (Wildman–Crippen MR) is 96.2 cm³/mol. The van der Waals surface area contributed by atoms with Crippen LogP contribution in [0.5, 0.6) is 5.75 Å². The normalized spacial score (nSPS) is 13.2. The van der Waals surface area contributed by atoms with Gasteiger partial charge in [0.05, 0.1) is 25.5 Å². The monoisotopic (exact) mass is 367 g/mol. The summed E-state index contributed by atoms with van der Waals surface area (Å²) in [5.41, 5.74) is 2.38. The number of nitrogens with zero attached hydrogens (tertiary/aromatic N) is 3. The van der Waals surface area contributed by atoms with Crippen molar-refractivity contribution < 1.29 is 18.1 Å². The number of sulfonamides is 1. The molecule has 0 saturated heterocycles. The number of ether oxygens (including phenoxy) is 1. The Bertz CT molecular complexity index is 826. The quantitative estimate of drug-likeness (QED) is 0.771. The van der Waals surface area contributed by atoms with Crippen molar-refractivity contribution in [3.8, 4) is 5.75 Å². The van der Waals surface area contributed by atoms with Crippen LogP contribution in [-0.2, 0) is 23.2 Å². The average Bonchev–Trinajstić information content (AvgIpc) is 2.82. The molecule has 2 rings (SSSR count). The van der Waals surface area contributed by atoms with E-state index in [1.54, 1.807) is 25.6 Å². The second-order valence-corrected chi connectivity index (χ2v) is 8.52. The van der Waals surface area contributed by atoms with Crippen LogP contribution in [0.3, 0.4) is 0 Å². The van der Waals surface area contributed by atoms with Crippen molar-refractivity contribution in [3.63, 3.8) is 0 Å². The highest BCUT2D eigenvalue weighted by molar-refractivity contribution is 7.89.